The lowest BCUT2D eigenvalue weighted by Crippen LogP contribution is -2.42. The van der Waals surface area contributed by atoms with Crippen molar-refractivity contribution in [3.8, 4) is 0 Å². The van der Waals surface area contributed by atoms with Crippen LogP contribution in [0.5, 0.6) is 0 Å². The molecule has 0 bridgehead atoms. The number of ether oxygens (including phenoxy) is 1. The first-order valence-corrected chi connectivity index (χ1v) is 13.6. The number of aryl methyl sites for hydroxylation is 1. The monoisotopic (exact) mass is 506 g/mol. The highest BCUT2D eigenvalue weighted by atomic mass is 32.2. The molecule has 36 heavy (non-hydrogen) atoms. The first-order chi connectivity index (χ1) is 17.4. The molecule has 5 rings (SSSR count). The number of methoxy groups -OCH3 is 1. The number of allylic oxidation sites excluding steroid dienone is 1. The molecule has 1 aliphatic rings. The van der Waals surface area contributed by atoms with Gasteiger partial charge in [-0.05, 0) is 43.4 Å². The zero-order chi connectivity index (χ0) is 25.3. The molecular formula is C26H30N6O3S. The molecule has 0 radical (unpaired) electrons. The second kappa shape index (κ2) is 9.61. The van der Waals surface area contributed by atoms with Gasteiger partial charge in [-0.1, -0.05) is 36.4 Å². The van der Waals surface area contributed by atoms with Crippen molar-refractivity contribution in [3.63, 3.8) is 0 Å². The lowest BCUT2D eigenvalue weighted by Gasteiger charge is -2.33. The van der Waals surface area contributed by atoms with Crippen LogP contribution in [0, 0.1) is 0 Å². The molecule has 0 spiro atoms. The van der Waals surface area contributed by atoms with Gasteiger partial charge in [0.15, 0.2) is 5.82 Å². The maximum absolute atomic E-state index is 12.9. The minimum atomic E-state index is -3.90. The number of imidazole rings is 1. The molecule has 0 saturated heterocycles. The lowest BCUT2D eigenvalue weighted by atomic mass is 9.86. The number of rotatable bonds is 9. The SMILES string of the molecule is COCCc1nc2c(N)nc3ccccc3c2n1CCCCC1(S(N)(=O)=O)CC=Cc2cccnc21. The molecule has 188 valence electrons. The number of primary sulfonamides is 1. The summed E-state index contributed by atoms with van der Waals surface area (Å²) in [6.45, 7) is 1.17. The van der Waals surface area contributed by atoms with Gasteiger partial charge in [0.05, 0.1) is 23.3 Å². The second-order valence-corrected chi connectivity index (χ2v) is 11.0. The number of hydrogen-bond donors (Lipinski definition) is 2. The third-order valence-electron chi connectivity index (χ3n) is 6.99. The average Bonchev–Trinajstić information content (AvgIpc) is 3.24. The number of hydrogen-bond acceptors (Lipinski definition) is 7. The Morgan fingerprint density at radius 1 is 1.14 bits per heavy atom. The summed E-state index contributed by atoms with van der Waals surface area (Å²) >= 11 is 0. The van der Waals surface area contributed by atoms with Crippen molar-refractivity contribution in [1.82, 2.24) is 19.5 Å². The Morgan fingerprint density at radius 2 is 1.97 bits per heavy atom. The largest absolute Gasteiger partial charge is 0.384 e. The predicted octanol–water partition coefficient (Wildman–Crippen LogP) is 3.52. The Labute approximate surface area is 210 Å². The van der Waals surface area contributed by atoms with Crippen molar-refractivity contribution in [2.45, 2.75) is 43.4 Å². The summed E-state index contributed by atoms with van der Waals surface area (Å²) < 4.78 is 32.0. The van der Waals surface area contributed by atoms with Crippen molar-refractivity contribution in [2.24, 2.45) is 5.14 Å². The average molecular weight is 507 g/mol. The van der Waals surface area contributed by atoms with Crippen molar-refractivity contribution in [1.29, 1.82) is 0 Å². The van der Waals surface area contributed by atoms with Gasteiger partial charge in [0.1, 0.15) is 16.1 Å². The number of nitrogens with two attached hydrogens (primary N) is 2. The number of sulfonamides is 1. The number of pyridine rings is 2. The van der Waals surface area contributed by atoms with Gasteiger partial charge in [-0.15, -0.1) is 0 Å². The number of nitrogens with zero attached hydrogens (tertiary/aromatic N) is 4. The molecule has 0 saturated carbocycles. The highest BCUT2D eigenvalue weighted by molar-refractivity contribution is 7.90. The number of benzene rings is 1. The maximum Gasteiger partial charge on any atom is 0.220 e. The molecule has 1 aliphatic carbocycles. The standard InChI is InChI=1S/C26H30N6O3S/c1-35-17-12-21-31-22-23(19-10-2-3-11-20(19)30-25(22)27)32(21)16-5-4-13-26(36(28,33)34)14-6-8-18-9-7-15-29-24(18)26/h2-3,6-11,15H,4-5,12-14,16-17H2,1H3,(H2,27,30)(H2,28,33,34). The summed E-state index contributed by atoms with van der Waals surface area (Å²) in [4.78, 5) is 13.8. The van der Waals surface area contributed by atoms with Gasteiger partial charge in [0, 0.05) is 31.7 Å². The van der Waals surface area contributed by atoms with E-state index >= 15 is 0 Å². The van der Waals surface area contributed by atoms with Crippen LogP contribution < -0.4 is 10.9 Å². The third kappa shape index (κ3) is 4.15. The summed E-state index contributed by atoms with van der Waals surface area (Å²) in [7, 11) is -2.24. The van der Waals surface area contributed by atoms with E-state index in [9.17, 15) is 8.42 Å². The highest BCUT2D eigenvalue weighted by Gasteiger charge is 2.45. The van der Waals surface area contributed by atoms with Gasteiger partial charge < -0.3 is 15.0 Å². The van der Waals surface area contributed by atoms with E-state index in [0.717, 1.165) is 34.2 Å². The van der Waals surface area contributed by atoms with E-state index in [0.29, 0.717) is 55.9 Å². The Kier molecular flexibility index (Phi) is 6.50. The van der Waals surface area contributed by atoms with E-state index in [1.807, 2.05) is 42.5 Å². The maximum atomic E-state index is 12.9. The molecule has 4 aromatic rings. The van der Waals surface area contributed by atoms with E-state index in [-0.39, 0.29) is 0 Å². The molecule has 1 aromatic carbocycles. The summed E-state index contributed by atoms with van der Waals surface area (Å²) in [6.07, 6.45) is 8.11. The summed E-state index contributed by atoms with van der Waals surface area (Å²) in [6, 6.07) is 11.6. The summed E-state index contributed by atoms with van der Waals surface area (Å²) in [5.41, 5.74) is 10.1. The van der Waals surface area contributed by atoms with Crippen LogP contribution in [0.15, 0.2) is 48.7 Å². The van der Waals surface area contributed by atoms with Crippen LogP contribution in [0.25, 0.3) is 28.0 Å². The van der Waals surface area contributed by atoms with Crippen molar-refractivity contribution in [2.75, 3.05) is 19.5 Å². The van der Waals surface area contributed by atoms with Gasteiger partial charge in [-0.25, -0.2) is 23.5 Å². The smallest absolute Gasteiger partial charge is 0.220 e. The normalized spacial score (nSPS) is 17.6. The molecule has 4 N–H and O–H groups in total. The van der Waals surface area contributed by atoms with Crippen LogP contribution in [0.3, 0.4) is 0 Å². The number of nitrogen functional groups attached to an aromatic ring is 1. The van der Waals surface area contributed by atoms with Gasteiger partial charge in [-0.3, -0.25) is 4.98 Å². The van der Waals surface area contributed by atoms with Crippen LogP contribution >= 0.6 is 0 Å². The fourth-order valence-electron chi connectivity index (χ4n) is 5.23. The zero-order valence-corrected chi connectivity index (χ0v) is 21.0. The molecule has 0 aliphatic heterocycles. The molecule has 10 heteroatoms. The van der Waals surface area contributed by atoms with Crippen molar-refractivity contribution < 1.29 is 13.2 Å². The molecular weight excluding hydrogens is 476 g/mol. The molecule has 0 fully saturated rings. The molecule has 0 amide bonds. The predicted molar refractivity (Wildman–Crippen MR) is 142 cm³/mol. The molecule has 9 nitrogen and oxygen atoms in total. The van der Waals surface area contributed by atoms with Crippen LogP contribution in [-0.2, 0) is 32.5 Å². The molecule has 1 unspecified atom stereocenters. The van der Waals surface area contributed by atoms with Gasteiger partial charge in [0.2, 0.25) is 10.0 Å². The first kappa shape index (κ1) is 24.4. The molecule has 3 aromatic heterocycles. The van der Waals surface area contributed by atoms with Gasteiger partial charge in [-0.2, -0.15) is 0 Å². The van der Waals surface area contributed by atoms with Crippen LogP contribution in [0.2, 0.25) is 0 Å². The Morgan fingerprint density at radius 3 is 2.78 bits per heavy atom. The quantitative estimate of drug-likeness (QED) is 0.331. The van der Waals surface area contributed by atoms with Crippen LogP contribution in [0.4, 0.5) is 5.82 Å². The fraction of sp³-hybridized carbons (Fsp3) is 0.346. The number of anilines is 1. The number of aromatic nitrogens is 4. The topological polar surface area (TPSA) is 139 Å². The summed E-state index contributed by atoms with van der Waals surface area (Å²) in [5, 5.41) is 6.80. The second-order valence-electron chi connectivity index (χ2n) is 9.18. The van der Waals surface area contributed by atoms with Gasteiger partial charge in [0.25, 0.3) is 0 Å². The first-order valence-electron chi connectivity index (χ1n) is 12.0. The lowest BCUT2D eigenvalue weighted by molar-refractivity contribution is 0.199. The molecule has 3 heterocycles. The van der Waals surface area contributed by atoms with E-state index < -0.39 is 14.8 Å². The Bertz CT molecular complexity index is 1560. The number of para-hydroxylation sites is 1. The van der Waals surface area contributed by atoms with Crippen molar-refractivity contribution >= 4 is 43.9 Å². The van der Waals surface area contributed by atoms with Crippen LogP contribution in [0.1, 0.15) is 42.8 Å². The molecule has 1 atom stereocenters. The van der Waals surface area contributed by atoms with E-state index in [1.54, 1.807) is 19.4 Å². The fourth-order valence-corrected chi connectivity index (χ4v) is 6.43. The minimum absolute atomic E-state index is 0.315. The van der Waals surface area contributed by atoms with E-state index in [4.69, 9.17) is 20.6 Å². The third-order valence-corrected chi connectivity index (χ3v) is 8.64. The van der Waals surface area contributed by atoms with Crippen LogP contribution in [-0.4, -0.2) is 41.7 Å². The minimum Gasteiger partial charge on any atom is -0.384 e. The Hall–Kier alpha value is -3.34. The Balaban J connectivity index is 1.46. The number of fused-ring (bicyclic) bond motifs is 4. The van der Waals surface area contributed by atoms with Crippen molar-refractivity contribution in [3.05, 3.63) is 65.8 Å². The van der Waals surface area contributed by atoms with Gasteiger partial charge >= 0.3 is 0 Å². The summed E-state index contributed by atoms with van der Waals surface area (Å²) in [5.74, 6) is 1.26. The van der Waals surface area contributed by atoms with E-state index in [2.05, 4.69) is 14.5 Å². The van der Waals surface area contributed by atoms with E-state index in [1.165, 1.54) is 0 Å². The zero-order valence-electron chi connectivity index (χ0n) is 20.2. The highest BCUT2D eigenvalue weighted by Crippen LogP contribution is 2.42. The number of unbranched alkanes of at least 4 members (excludes halogenated alkanes) is 1.